The summed E-state index contributed by atoms with van der Waals surface area (Å²) >= 11 is 7.15. The summed E-state index contributed by atoms with van der Waals surface area (Å²) < 4.78 is 1.38. The quantitative estimate of drug-likeness (QED) is 0.458. The molecule has 28 heavy (non-hydrogen) atoms. The van der Waals surface area contributed by atoms with Crippen LogP contribution in [0.2, 0.25) is 5.02 Å². The fourth-order valence-electron chi connectivity index (χ4n) is 2.82. The molecule has 0 aliphatic heterocycles. The van der Waals surface area contributed by atoms with Crippen LogP contribution in [0.15, 0.2) is 47.6 Å². The summed E-state index contributed by atoms with van der Waals surface area (Å²) in [4.78, 5) is 12.5. The fourth-order valence-corrected chi connectivity index (χ4v) is 3.60. The number of rotatable bonds is 6. The average Bonchev–Trinajstić information content (AvgIpc) is 3.02. The monoisotopic (exact) mass is 415 g/mol. The predicted molar refractivity (Wildman–Crippen MR) is 115 cm³/mol. The number of para-hydroxylation sites is 1. The number of nitrogens with one attached hydrogen (secondary N) is 1. The van der Waals surface area contributed by atoms with Gasteiger partial charge in [0.1, 0.15) is 0 Å². The van der Waals surface area contributed by atoms with E-state index in [0.29, 0.717) is 21.9 Å². The molecule has 8 heteroatoms. The third-order valence-corrected chi connectivity index (χ3v) is 5.49. The third kappa shape index (κ3) is 4.48. The van der Waals surface area contributed by atoms with Crippen LogP contribution in [0.5, 0.6) is 0 Å². The summed E-state index contributed by atoms with van der Waals surface area (Å²) in [7, 11) is 0. The molecule has 3 N–H and O–H groups in total. The lowest BCUT2D eigenvalue weighted by atomic mass is 9.98. The Kier molecular flexibility index (Phi) is 6.26. The Balaban J connectivity index is 1.69. The summed E-state index contributed by atoms with van der Waals surface area (Å²) in [6.07, 6.45) is 0. The Hall–Kier alpha value is -2.51. The minimum absolute atomic E-state index is 0.114. The van der Waals surface area contributed by atoms with Crippen molar-refractivity contribution in [1.29, 1.82) is 0 Å². The van der Waals surface area contributed by atoms with Gasteiger partial charge in [0.15, 0.2) is 5.82 Å². The van der Waals surface area contributed by atoms with Crippen LogP contribution in [0.25, 0.3) is 11.4 Å². The second-order valence-electron chi connectivity index (χ2n) is 6.71. The van der Waals surface area contributed by atoms with Gasteiger partial charge in [0.2, 0.25) is 11.1 Å². The molecule has 0 fully saturated rings. The maximum atomic E-state index is 12.5. The smallest absolute Gasteiger partial charge is 0.234 e. The van der Waals surface area contributed by atoms with E-state index in [-0.39, 0.29) is 11.7 Å². The molecule has 0 aliphatic carbocycles. The largest absolute Gasteiger partial charge is 0.335 e. The van der Waals surface area contributed by atoms with Gasteiger partial charge in [-0.15, -0.1) is 10.2 Å². The molecule has 0 atom stereocenters. The number of carbonyl (C=O) groups is 1. The lowest BCUT2D eigenvalue weighted by Crippen LogP contribution is -2.18. The van der Waals surface area contributed by atoms with Gasteiger partial charge in [0.25, 0.3) is 0 Å². The van der Waals surface area contributed by atoms with E-state index in [1.54, 1.807) is 12.1 Å². The van der Waals surface area contributed by atoms with Gasteiger partial charge in [-0.2, -0.15) is 0 Å². The highest BCUT2D eigenvalue weighted by Crippen LogP contribution is 2.28. The van der Waals surface area contributed by atoms with Crippen LogP contribution in [0.3, 0.4) is 0 Å². The van der Waals surface area contributed by atoms with Crippen LogP contribution in [0.4, 0.5) is 5.69 Å². The number of amides is 1. The van der Waals surface area contributed by atoms with Crippen molar-refractivity contribution in [2.24, 2.45) is 0 Å². The first-order valence-corrected chi connectivity index (χ1v) is 10.2. The summed E-state index contributed by atoms with van der Waals surface area (Å²) in [6, 6.07) is 13.2. The number of carbonyl (C=O) groups excluding carboxylic acids is 1. The lowest BCUT2D eigenvalue weighted by Gasteiger charge is -2.16. The highest BCUT2D eigenvalue weighted by Gasteiger charge is 2.16. The molecule has 0 saturated heterocycles. The van der Waals surface area contributed by atoms with Crippen LogP contribution >= 0.6 is 23.4 Å². The molecule has 146 valence electrons. The van der Waals surface area contributed by atoms with E-state index in [0.717, 1.165) is 22.4 Å². The Morgan fingerprint density at radius 1 is 1.21 bits per heavy atom. The standard InChI is InChI=1S/C20H22ClN5OS/c1-12(2)16-6-4-5-13(3)18(16)23-17(27)11-28-20-25-24-19(26(20)22)14-7-9-15(21)10-8-14/h4-10,12H,11,22H2,1-3H3,(H,23,27). The molecular weight excluding hydrogens is 394 g/mol. The number of hydrogen-bond acceptors (Lipinski definition) is 5. The highest BCUT2D eigenvalue weighted by molar-refractivity contribution is 7.99. The molecule has 2 aromatic carbocycles. The summed E-state index contributed by atoms with van der Waals surface area (Å²) in [5.41, 5.74) is 3.83. The normalized spacial score (nSPS) is 11.0. The molecule has 0 aliphatic rings. The van der Waals surface area contributed by atoms with Crippen LogP contribution in [-0.4, -0.2) is 26.5 Å². The van der Waals surface area contributed by atoms with Crippen molar-refractivity contribution in [3.8, 4) is 11.4 Å². The zero-order valence-electron chi connectivity index (χ0n) is 15.9. The number of benzene rings is 2. The molecule has 1 aromatic heterocycles. The van der Waals surface area contributed by atoms with Crippen molar-refractivity contribution >= 4 is 35.0 Å². The van der Waals surface area contributed by atoms with Gasteiger partial charge in [-0.3, -0.25) is 4.79 Å². The number of aromatic nitrogens is 3. The number of halogens is 1. The molecule has 0 unspecified atom stereocenters. The summed E-state index contributed by atoms with van der Waals surface area (Å²) in [5, 5.41) is 12.3. The van der Waals surface area contributed by atoms with Crippen molar-refractivity contribution in [2.45, 2.75) is 31.8 Å². The molecule has 1 amide bonds. The molecule has 0 bridgehead atoms. The van der Waals surface area contributed by atoms with Gasteiger partial charge in [-0.25, -0.2) is 4.68 Å². The third-order valence-electron chi connectivity index (χ3n) is 4.29. The van der Waals surface area contributed by atoms with Crippen molar-refractivity contribution < 1.29 is 4.79 Å². The average molecular weight is 416 g/mol. The van der Waals surface area contributed by atoms with E-state index >= 15 is 0 Å². The number of aryl methyl sites for hydroxylation is 1. The molecule has 1 heterocycles. The predicted octanol–water partition coefficient (Wildman–Crippen LogP) is 4.47. The Morgan fingerprint density at radius 3 is 2.61 bits per heavy atom. The number of anilines is 1. The maximum absolute atomic E-state index is 12.5. The zero-order valence-corrected chi connectivity index (χ0v) is 17.5. The molecule has 3 aromatic rings. The van der Waals surface area contributed by atoms with Crippen LogP contribution < -0.4 is 11.2 Å². The number of hydrogen-bond donors (Lipinski definition) is 2. The zero-order chi connectivity index (χ0) is 20.3. The molecule has 0 saturated carbocycles. The number of thioether (sulfide) groups is 1. The van der Waals surface area contributed by atoms with Crippen molar-refractivity contribution in [3.63, 3.8) is 0 Å². The second kappa shape index (κ2) is 8.67. The summed E-state index contributed by atoms with van der Waals surface area (Å²) in [6.45, 7) is 6.20. The molecular formula is C20H22ClN5OS. The Labute approximate surface area is 173 Å². The number of nitrogen functional groups attached to an aromatic ring is 1. The van der Waals surface area contributed by atoms with Crippen molar-refractivity contribution in [2.75, 3.05) is 16.9 Å². The van der Waals surface area contributed by atoms with E-state index < -0.39 is 0 Å². The molecule has 3 rings (SSSR count). The highest BCUT2D eigenvalue weighted by atomic mass is 35.5. The van der Waals surface area contributed by atoms with Gasteiger partial charge < -0.3 is 11.2 Å². The van der Waals surface area contributed by atoms with E-state index in [1.807, 2.05) is 37.3 Å². The van der Waals surface area contributed by atoms with Crippen molar-refractivity contribution in [3.05, 3.63) is 58.6 Å². The first kappa shape index (κ1) is 20.2. The number of nitrogens with two attached hydrogens (primary N) is 1. The minimum atomic E-state index is -0.114. The Morgan fingerprint density at radius 2 is 1.93 bits per heavy atom. The van der Waals surface area contributed by atoms with Gasteiger partial charge >= 0.3 is 0 Å². The van der Waals surface area contributed by atoms with Crippen LogP contribution in [0.1, 0.15) is 30.9 Å². The molecule has 0 radical (unpaired) electrons. The first-order valence-electron chi connectivity index (χ1n) is 8.85. The minimum Gasteiger partial charge on any atom is -0.335 e. The van der Waals surface area contributed by atoms with E-state index in [4.69, 9.17) is 17.4 Å². The number of nitrogens with zero attached hydrogens (tertiary/aromatic N) is 3. The van der Waals surface area contributed by atoms with Gasteiger partial charge in [0.05, 0.1) is 5.75 Å². The second-order valence-corrected chi connectivity index (χ2v) is 8.09. The lowest BCUT2D eigenvalue weighted by molar-refractivity contribution is -0.113. The van der Waals surface area contributed by atoms with Crippen LogP contribution in [0, 0.1) is 6.92 Å². The van der Waals surface area contributed by atoms with E-state index in [2.05, 4.69) is 29.4 Å². The fraction of sp³-hybridized carbons (Fsp3) is 0.250. The maximum Gasteiger partial charge on any atom is 0.234 e. The molecule has 0 spiro atoms. The summed E-state index contributed by atoms with van der Waals surface area (Å²) in [5.74, 6) is 7.01. The van der Waals surface area contributed by atoms with Crippen LogP contribution in [-0.2, 0) is 4.79 Å². The van der Waals surface area contributed by atoms with Gasteiger partial charge in [-0.1, -0.05) is 55.4 Å². The van der Waals surface area contributed by atoms with E-state index in [1.165, 1.54) is 16.4 Å². The van der Waals surface area contributed by atoms with Gasteiger partial charge in [0, 0.05) is 16.3 Å². The van der Waals surface area contributed by atoms with Crippen molar-refractivity contribution in [1.82, 2.24) is 14.9 Å². The first-order chi connectivity index (χ1) is 13.4. The Bertz CT molecular complexity index is 985. The topological polar surface area (TPSA) is 85.8 Å². The van der Waals surface area contributed by atoms with Gasteiger partial charge in [-0.05, 0) is 48.2 Å². The van der Waals surface area contributed by atoms with E-state index in [9.17, 15) is 4.79 Å². The SMILES string of the molecule is Cc1cccc(C(C)C)c1NC(=O)CSc1nnc(-c2ccc(Cl)cc2)n1N. The molecule has 6 nitrogen and oxygen atoms in total.